The Balaban J connectivity index is 1.66. The number of nitrogens with two attached hydrogens (primary N) is 1. The fourth-order valence-electron chi connectivity index (χ4n) is 3.28. The second kappa shape index (κ2) is 7.70. The first-order chi connectivity index (χ1) is 14.1. The van der Waals surface area contributed by atoms with Crippen molar-refractivity contribution in [3.63, 3.8) is 0 Å². The van der Waals surface area contributed by atoms with Crippen LogP contribution in [0.15, 0.2) is 37.1 Å². The Morgan fingerprint density at radius 3 is 2.79 bits per heavy atom. The summed E-state index contributed by atoms with van der Waals surface area (Å²) in [6.45, 7) is 5.03. The Bertz CT molecular complexity index is 1160. The van der Waals surface area contributed by atoms with Gasteiger partial charge in [-0.05, 0) is 25.5 Å². The highest BCUT2D eigenvalue weighted by Crippen LogP contribution is 2.26. The predicted molar refractivity (Wildman–Crippen MR) is 111 cm³/mol. The van der Waals surface area contributed by atoms with Crippen LogP contribution in [0.3, 0.4) is 0 Å². The zero-order valence-electron chi connectivity index (χ0n) is 16.5. The van der Waals surface area contributed by atoms with Gasteiger partial charge in [-0.2, -0.15) is 9.97 Å². The molecule has 0 aliphatic heterocycles. The van der Waals surface area contributed by atoms with Crippen LogP contribution in [0.25, 0.3) is 11.2 Å². The van der Waals surface area contributed by atoms with Gasteiger partial charge in [-0.25, -0.2) is 4.98 Å². The van der Waals surface area contributed by atoms with Crippen LogP contribution < -0.4 is 15.8 Å². The molecule has 4 heterocycles. The molecule has 0 bridgehead atoms. The molecule has 0 aliphatic rings. The van der Waals surface area contributed by atoms with Crippen molar-refractivity contribution in [1.82, 2.24) is 29.5 Å². The van der Waals surface area contributed by atoms with E-state index >= 15 is 0 Å². The van der Waals surface area contributed by atoms with Gasteiger partial charge in [0.15, 0.2) is 17.0 Å². The van der Waals surface area contributed by atoms with Crippen molar-refractivity contribution in [2.24, 2.45) is 0 Å². The third-order valence-corrected chi connectivity index (χ3v) is 4.73. The minimum Gasteiger partial charge on any atom is -0.496 e. The number of nitrogens with one attached hydrogen (secondary N) is 1. The maximum absolute atomic E-state index is 5.96. The van der Waals surface area contributed by atoms with Crippen LogP contribution in [-0.4, -0.2) is 36.6 Å². The third kappa shape index (κ3) is 3.66. The topological polar surface area (TPSA) is 117 Å². The predicted octanol–water partition coefficient (Wildman–Crippen LogP) is 2.48. The Morgan fingerprint density at radius 2 is 2.03 bits per heavy atom. The van der Waals surface area contributed by atoms with Gasteiger partial charge in [-0.15, -0.1) is 0 Å². The molecule has 4 aromatic rings. The zero-order chi connectivity index (χ0) is 20.4. The molecule has 0 atom stereocenters. The molecule has 0 aromatic carbocycles. The molecule has 9 heteroatoms. The Kier molecular flexibility index (Phi) is 4.94. The van der Waals surface area contributed by atoms with E-state index in [2.05, 4.69) is 30.2 Å². The first-order valence-electron chi connectivity index (χ1n) is 9.17. The number of anilines is 2. The van der Waals surface area contributed by atoms with Crippen molar-refractivity contribution in [2.75, 3.05) is 18.2 Å². The number of imidazole rings is 1. The van der Waals surface area contributed by atoms with Crippen molar-refractivity contribution in [2.45, 2.75) is 26.9 Å². The second-order valence-electron chi connectivity index (χ2n) is 6.74. The number of aryl methyl sites for hydroxylation is 1. The van der Waals surface area contributed by atoms with Crippen LogP contribution in [0.4, 0.5) is 11.8 Å². The van der Waals surface area contributed by atoms with Gasteiger partial charge < -0.3 is 20.4 Å². The summed E-state index contributed by atoms with van der Waals surface area (Å²) in [5, 5.41) is 3.28. The summed E-state index contributed by atoms with van der Waals surface area (Å²) < 4.78 is 7.42. The number of fused-ring (bicyclic) bond motifs is 1. The molecule has 0 amide bonds. The summed E-state index contributed by atoms with van der Waals surface area (Å²) in [5.41, 5.74) is 11.2. The van der Waals surface area contributed by atoms with Gasteiger partial charge in [0.2, 0.25) is 5.95 Å². The average Bonchev–Trinajstić information content (AvgIpc) is 3.12. The van der Waals surface area contributed by atoms with Gasteiger partial charge in [0.25, 0.3) is 0 Å². The summed E-state index contributed by atoms with van der Waals surface area (Å²) in [6.07, 6.45) is 7.07. The Hall–Kier alpha value is -3.75. The summed E-state index contributed by atoms with van der Waals surface area (Å²) in [5.74, 6) is 1.60. The number of pyridine rings is 2. The van der Waals surface area contributed by atoms with Crippen LogP contribution >= 0.6 is 0 Å². The van der Waals surface area contributed by atoms with E-state index in [1.807, 2.05) is 36.7 Å². The zero-order valence-corrected chi connectivity index (χ0v) is 16.5. The molecule has 0 aliphatic carbocycles. The molecule has 29 heavy (non-hydrogen) atoms. The summed E-state index contributed by atoms with van der Waals surface area (Å²) >= 11 is 0. The summed E-state index contributed by atoms with van der Waals surface area (Å²) in [7, 11) is 1.67. The largest absolute Gasteiger partial charge is 0.496 e. The van der Waals surface area contributed by atoms with Crippen molar-refractivity contribution in [3.8, 4) is 5.75 Å². The monoisotopic (exact) mass is 390 g/mol. The molecule has 0 saturated heterocycles. The minimum absolute atomic E-state index is 0.180. The molecule has 0 spiro atoms. The van der Waals surface area contributed by atoms with Crippen molar-refractivity contribution >= 4 is 22.9 Å². The van der Waals surface area contributed by atoms with Crippen molar-refractivity contribution < 1.29 is 4.74 Å². The first kappa shape index (κ1) is 18.6. The van der Waals surface area contributed by atoms with E-state index < -0.39 is 0 Å². The SMILES string of the molecule is COc1c(C)cnc(Cn2cnc3c(NCc4cccnc4)nc(N)nc32)c1C. The average molecular weight is 390 g/mol. The van der Waals surface area contributed by atoms with E-state index in [0.717, 1.165) is 28.1 Å². The number of methoxy groups -OCH3 is 1. The van der Waals surface area contributed by atoms with E-state index in [9.17, 15) is 0 Å². The van der Waals surface area contributed by atoms with Crippen molar-refractivity contribution in [3.05, 3.63) is 59.4 Å². The standard InChI is InChI=1S/C20H22N8O/c1-12-7-23-15(13(2)17(12)29-3)10-28-11-25-16-18(26-20(21)27-19(16)28)24-9-14-5-4-6-22-8-14/h4-8,11H,9-10H2,1-3H3,(H3,21,24,26,27). The lowest BCUT2D eigenvalue weighted by Crippen LogP contribution is -2.08. The lowest BCUT2D eigenvalue weighted by molar-refractivity contribution is 0.406. The molecule has 4 aromatic heterocycles. The third-order valence-electron chi connectivity index (χ3n) is 4.73. The quantitative estimate of drug-likeness (QED) is 0.516. The molecule has 148 valence electrons. The summed E-state index contributed by atoms with van der Waals surface area (Å²) in [4.78, 5) is 21.9. The fourth-order valence-corrected chi connectivity index (χ4v) is 3.28. The van der Waals surface area contributed by atoms with Gasteiger partial charge in [0.05, 0.1) is 25.7 Å². The van der Waals surface area contributed by atoms with E-state index in [1.54, 1.807) is 25.8 Å². The van der Waals surface area contributed by atoms with E-state index in [0.29, 0.717) is 30.1 Å². The van der Waals surface area contributed by atoms with Crippen LogP contribution in [-0.2, 0) is 13.1 Å². The van der Waals surface area contributed by atoms with Crippen LogP contribution in [0.2, 0.25) is 0 Å². The van der Waals surface area contributed by atoms with Crippen LogP contribution in [0.1, 0.15) is 22.4 Å². The molecular weight excluding hydrogens is 368 g/mol. The molecule has 3 N–H and O–H groups in total. The van der Waals surface area contributed by atoms with E-state index in [1.165, 1.54) is 0 Å². The highest BCUT2D eigenvalue weighted by Gasteiger charge is 2.15. The smallest absolute Gasteiger partial charge is 0.224 e. The van der Waals surface area contributed by atoms with Gasteiger partial charge in [0.1, 0.15) is 5.75 Å². The Morgan fingerprint density at radius 1 is 1.17 bits per heavy atom. The number of hydrogen-bond acceptors (Lipinski definition) is 8. The lowest BCUT2D eigenvalue weighted by atomic mass is 10.1. The maximum atomic E-state index is 5.96. The van der Waals surface area contributed by atoms with Crippen LogP contribution in [0, 0.1) is 13.8 Å². The minimum atomic E-state index is 0.180. The second-order valence-corrected chi connectivity index (χ2v) is 6.74. The normalized spacial score (nSPS) is 11.0. The fraction of sp³-hybridized carbons (Fsp3) is 0.250. The number of nitrogens with zero attached hydrogens (tertiary/aromatic N) is 6. The molecule has 0 unspecified atom stereocenters. The Labute approximate surface area is 168 Å². The highest BCUT2D eigenvalue weighted by molar-refractivity contribution is 5.84. The maximum Gasteiger partial charge on any atom is 0.224 e. The first-order valence-corrected chi connectivity index (χ1v) is 9.17. The van der Waals surface area contributed by atoms with Gasteiger partial charge >= 0.3 is 0 Å². The molecule has 9 nitrogen and oxygen atoms in total. The van der Waals surface area contributed by atoms with Crippen LogP contribution in [0.5, 0.6) is 5.75 Å². The molecule has 0 saturated carbocycles. The molecule has 0 radical (unpaired) electrons. The lowest BCUT2D eigenvalue weighted by Gasteiger charge is -2.13. The number of nitrogen functional groups attached to an aromatic ring is 1. The number of ether oxygens (including phenoxy) is 1. The van der Waals surface area contributed by atoms with Gasteiger partial charge in [-0.3, -0.25) is 9.97 Å². The van der Waals surface area contributed by atoms with Gasteiger partial charge in [-0.1, -0.05) is 6.07 Å². The molecule has 4 rings (SSSR count). The summed E-state index contributed by atoms with van der Waals surface area (Å²) in [6, 6.07) is 3.88. The number of rotatable bonds is 6. The highest BCUT2D eigenvalue weighted by atomic mass is 16.5. The van der Waals surface area contributed by atoms with Gasteiger partial charge in [0, 0.05) is 36.3 Å². The molecular formula is C20H22N8O. The van der Waals surface area contributed by atoms with E-state index in [4.69, 9.17) is 10.5 Å². The number of hydrogen-bond donors (Lipinski definition) is 2. The van der Waals surface area contributed by atoms with E-state index in [-0.39, 0.29) is 5.95 Å². The molecule has 0 fully saturated rings. The van der Waals surface area contributed by atoms with Crippen molar-refractivity contribution in [1.29, 1.82) is 0 Å². The number of aromatic nitrogens is 6.